The number of hydrogen-bond acceptors (Lipinski definition) is 9. The Morgan fingerprint density at radius 3 is 2.24 bits per heavy atom. The lowest BCUT2D eigenvalue weighted by atomic mass is 10.1. The van der Waals surface area contributed by atoms with Crippen molar-refractivity contribution >= 4 is 84.9 Å². The normalized spacial score (nSPS) is 14.8. The number of benzene rings is 1. The third-order valence-electron chi connectivity index (χ3n) is 6.11. The van der Waals surface area contributed by atoms with E-state index < -0.39 is 0 Å². The molecule has 1 aliphatic rings. The van der Waals surface area contributed by atoms with E-state index in [1.165, 1.54) is 0 Å². The molecule has 2 aromatic heterocycles. The van der Waals surface area contributed by atoms with E-state index >= 15 is 0 Å². The van der Waals surface area contributed by atoms with Gasteiger partial charge in [0.15, 0.2) is 0 Å². The maximum atomic E-state index is 11.7. The number of halogens is 5. The zero-order valence-corrected chi connectivity index (χ0v) is 27.5. The lowest BCUT2D eigenvalue weighted by Gasteiger charge is -2.23. The van der Waals surface area contributed by atoms with Crippen LogP contribution in [0, 0.1) is 10.1 Å². The summed E-state index contributed by atoms with van der Waals surface area (Å²) in [5.41, 5.74) is 2.91. The van der Waals surface area contributed by atoms with Gasteiger partial charge in [-0.25, -0.2) is 0 Å². The van der Waals surface area contributed by atoms with Gasteiger partial charge in [-0.15, -0.1) is 73.4 Å². The predicted molar refractivity (Wildman–Crippen MR) is 182 cm³/mol. The van der Waals surface area contributed by atoms with Gasteiger partial charge in [-0.2, -0.15) is 5.10 Å². The van der Waals surface area contributed by atoms with Crippen LogP contribution in [0.3, 0.4) is 0 Å². The molecule has 4 rings (SSSR count). The SMILES string of the molecule is Cl.Cl.Cl.Cl.Cl.O=[N+]([O-])c1cc(CNc2cc(-c3cccs3)[nH]n2)cc(CN2CCCNCCNCCCNCC2)c1. The molecule has 16 heteroatoms. The third kappa shape index (κ3) is 14.6. The fourth-order valence-electron chi connectivity index (χ4n) is 4.29. The number of H-pyrrole nitrogens is 1. The van der Waals surface area contributed by atoms with Gasteiger partial charge in [0.1, 0.15) is 5.82 Å². The van der Waals surface area contributed by atoms with Crippen LogP contribution in [0.5, 0.6) is 0 Å². The van der Waals surface area contributed by atoms with E-state index in [-0.39, 0.29) is 72.6 Å². The van der Waals surface area contributed by atoms with Crippen molar-refractivity contribution in [1.29, 1.82) is 0 Å². The maximum absolute atomic E-state index is 11.7. The molecular formula is C25H41Cl5N8O2S. The maximum Gasteiger partial charge on any atom is 0.270 e. The van der Waals surface area contributed by atoms with Crippen molar-refractivity contribution in [3.05, 3.63) is 63.0 Å². The molecule has 3 heterocycles. The Kier molecular flexibility index (Phi) is 23.5. The highest BCUT2D eigenvalue weighted by molar-refractivity contribution is 7.13. The second-order valence-corrected chi connectivity index (χ2v) is 9.94. The van der Waals surface area contributed by atoms with E-state index in [0.717, 1.165) is 92.7 Å². The van der Waals surface area contributed by atoms with Gasteiger partial charge in [-0.05, 0) is 61.6 Å². The second kappa shape index (κ2) is 23.1. The first-order valence-electron chi connectivity index (χ1n) is 12.6. The molecule has 1 fully saturated rings. The largest absolute Gasteiger partial charge is 0.365 e. The lowest BCUT2D eigenvalue weighted by Crippen LogP contribution is -2.36. The zero-order valence-electron chi connectivity index (χ0n) is 22.6. The highest BCUT2D eigenvalue weighted by Gasteiger charge is 2.14. The van der Waals surface area contributed by atoms with Crippen molar-refractivity contribution in [3.8, 4) is 10.6 Å². The molecule has 0 radical (unpaired) electrons. The molecule has 0 amide bonds. The Morgan fingerprint density at radius 2 is 1.56 bits per heavy atom. The first kappa shape index (κ1) is 41.8. The molecule has 0 saturated carbocycles. The van der Waals surface area contributed by atoms with E-state index in [4.69, 9.17) is 0 Å². The Balaban J connectivity index is 0. The van der Waals surface area contributed by atoms with E-state index in [9.17, 15) is 10.1 Å². The molecule has 0 unspecified atom stereocenters. The van der Waals surface area contributed by atoms with Crippen molar-refractivity contribution in [1.82, 2.24) is 31.0 Å². The van der Waals surface area contributed by atoms with Gasteiger partial charge in [0.2, 0.25) is 0 Å². The fourth-order valence-corrected chi connectivity index (χ4v) is 4.98. The quantitative estimate of drug-likeness (QED) is 0.171. The molecule has 1 aliphatic heterocycles. The minimum atomic E-state index is -0.307. The van der Waals surface area contributed by atoms with Crippen LogP contribution in [-0.2, 0) is 13.1 Å². The molecule has 0 spiro atoms. The third-order valence-corrected chi connectivity index (χ3v) is 7.01. The summed E-state index contributed by atoms with van der Waals surface area (Å²) >= 11 is 1.65. The Morgan fingerprint density at radius 1 is 0.878 bits per heavy atom. The van der Waals surface area contributed by atoms with Crippen LogP contribution in [0.2, 0.25) is 0 Å². The molecule has 3 aromatic rings. The number of thiophene rings is 1. The first-order chi connectivity index (χ1) is 17.7. The van der Waals surface area contributed by atoms with Crippen LogP contribution < -0.4 is 21.3 Å². The molecule has 0 aliphatic carbocycles. The summed E-state index contributed by atoms with van der Waals surface area (Å²) in [6.45, 7) is 8.83. The van der Waals surface area contributed by atoms with Crippen LogP contribution in [-0.4, -0.2) is 72.4 Å². The summed E-state index contributed by atoms with van der Waals surface area (Å²) in [5.74, 6) is 0.718. The van der Waals surface area contributed by atoms with Crippen LogP contribution >= 0.6 is 73.4 Å². The van der Waals surface area contributed by atoms with Gasteiger partial charge in [0.25, 0.3) is 5.69 Å². The van der Waals surface area contributed by atoms with Crippen molar-refractivity contribution < 1.29 is 4.92 Å². The van der Waals surface area contributed by atoms with E-state index in [1.807, 2.05) is 23.6 Å². The Labute approximate surface area is 276 Å². The van der Waals surface area contributed by atoms with Crippen LogP contribution in [0.4, 0.5) is 11.5 Å². The van der Waals surface area contributed by atoms with Gasteiger partial charge in [-0.1, -0.05) is 12.1 Å². The summed E-state index contributed by atoms with van der Waals surface area (Å²) in [6.07, 6.45) is 2.14. The average molecular weight is 695 g/mol. The van der Waals surface area contributed by atoms with E-state index in [2.05, 4.69) is 42.4 Å². The first-order valence-corrected chi connectivity index (χ1v) is 13.5. The topological polar surface area (TPSA) is 123 Å². The molecule has 10 nitrogen and oxygen atoms in total. The predicted octanol–water partition coefficient (Wildman–Crippen LogP) is 5.13. The highest BCUT2D eigenvalue weighted by Crippen LogP contribution is 2.25. The molecule has 41 heavy (non-hydrogen) atoms. The van der Waals surface area contributed by atoms with Crippen LogP contribution in [0.1, 0.15) is 24.0 Å². The van der Waals surface area contributed by atoms with Crippen LogP contribution in [0.25, 0.3) is 10.6 Å². The minimum absolute atomic E-state index is 0. The lowest BCUT2D eigenvalue weighted by molar-refractivity contribution is -0.385. The number of anilines is 1. The van der Waals surface area contributed by atoms with E-state index in [1.54, 1.807) is 23.5 Å². The molecule has 0 atom stereocenters. The monoisotopic (exact) mass is 692 g/mol. The number of nitrogens with one attached hydrogen (secondary N) is 5. The minimum Gasteiger partial charge on any atom is -0.365 e. The number of nitro benzene ring substituents is 1. The van der Waals surface area contributed by atoms with Gasteiger partial charge < -0.3 is 21.3 Å². The van der Waals surface area contributed by atoms with Crippen molar-refractivity contribution in [2.75, 3.05) is 57.7 Å². The molecule has 5 N–H and O–H groups in total. The fraction of sp³-hybridized carbons (Fsp3) is 0.480. The standard InChI is InChI=1S/C25H36N8O2S.5ClH/c34-33(35)22-15-20(18-29-25-17-23(30-31-25)24-4-1-13-36-24)14-21(16-22)19-32-11-3-7-27-9-8-26-5-2-6-28-10-12-32;;;;;/h1,4,13-17,26-28H,2-3,5-12,18-19H2,(H2,29,30,31);5*1H. The summed E-state index contributed by atoms with van der Waals surface area (Å²) in [4.78, 5) is 14.8. The van der Waals surface area contributed by atoms with Crippen molar-refractivity contribution in [2.45, 2.75) is 25.9 Å². The number of non-ortho nitro benzene ring substituents is 1. The molecule has 234 valence electrons. The van der Waals surface area contributed by atoms with Crippen LogP contribution in [0.15, 0.2) is 41.8 Å². The second-order valence-electron chi connectivity index (χ2n) is 9.00. The Bertz CT molecular complexity index is 1080. The number of hydrogen-bond donors (Lipinski definition) is 5. The van der Waals surface area contributed by atoms with Gasteiger partial charge in [0.05, 0.1) is 15.5 Å². The number of rotatable bonds is 7. The number of nitrogens with zero attached hydrogens (tertiary/aromatic N) is 3. The van der Waals surface area contributed by atoms with E-state index in [0.29, 0.717) is 13.1 Å². The Hall–Kier alpha value is -1.38. The molecular weight excluding hydrogens is 654 g/mol. The number of nitro groups is 1. The van der Waals surface area contributed by atoms with Crippen molar-refractivity contribution in [3.63, 3.8) is 0 Å². The number of aromatic nitrogens is 2. The van der Waals surface area contributed by atoms with Gasteiger partial charge in [0, 0.05) is 57.5 Å². The smallest absolute Gasteiger partial charge is 0.270 e. The average Bonchev–Trinajstić information content (AvgIpc) is 3.57. The summed E-state index contributed by atoms with van der Waals surface area (Å²) < 4.78 is 0. The van der Waals surface area contributed by atoms with Gasteiger partial charge in [-0.3, -0.25) is 20.1 Å². The molecule has 1 aromatic carbocycles. The molecule has 0 bridgehead atoms. The van der Waals surface area contributed by atoms with Gasteiger partial charge >= 0.3 is 0 Å². The summed E-state index contributed by atoms with van der Waals surface area (Å²) in [6, 6.07) is 11.4. The molecule has 1 saturated heterocycles. The van der Waals surface area contributed by atoms with Crippen molar-refractivity contribution in [2.24, 2.45) is 0 Å². The number of aromatic amines is 1. The highest BCUT2D eigenvalue weighted by atomic mass is 35.5. The summed E-state index contributed by atoms with van der Waals surface area (Å²) in [7, 11) is 0. The zero-order chi connectivity index (χ0) is 25.0. The summed E-state index contributed by atoms with van der Waals surface area (Å²) in [5, 5.41) is 34.8.